The average Bonchev–Trinajstić information content (AvgIpc) is 3.14. The second kappa shape index (κ2) is 10.00. The van der Waals surface area contributed by atoms with Crippen molar-refractivity contribution in [3.05, 3.63) is 80.9 Å². The molecule has 1 saturated heterocycles. The number of rotatable bonds is 6. The van der Waals surface area contributed by atoms with Crippen LogP contribution in [-0.4, -0.2) is 50.3 Å². The monoisotopic (exact) mass is 472 g/mol. The molecule has 182 valence electrons. The number of aromatic nitrogens is 5. The van der Waals surface area contributed by atoms with Crippen molar-refractivity contribution < 1.29 is 4.74 Å². The maximum atomic E-state index is 13.5. The fourth-order valence-corrected chi connectivity index (χ4v) is 5.07. The molecule has 0 saturated carbocycles. The van der Waals surface area contributed by atoms with Crippen molar-refractivity contribution in [1.29, 1.82) is 0 Å². The molecule has 0 amide bonds. The second-order valence-electron chi connectivity index (χ2n) is 9.44. The van der Waals surface area contributed by atoms with Gasteiger partial charge in [-0.05, 0) is 85.1 Å². The molecule has 2 aromatic heterocycles. The fourth-order valence-electron chi connectivity index (χ4n) is 5.07. The summed E-state index contributed by atoms with van der Waals surface area (Å²) in [5, 5.41) is 13.9. The zero-order valence-electron chi connectivity index (χ0n) is 20.6. The van der Waals surface area contributed by atoms with E-state index in [0.717, 1.165) is 59.3 Å². The quantitative estimate of drug-likeness (QED) is 0.453. The first-order chi connectivity index (χ1) is 17.0. The fraction of sp³-hybridized carbons (Fsp3) is 0.407. The number of methoxy groups -OCH3 is 1. The molecule has 0 aliphatic carbocycles. The van der Waals surface area contributed by atoms with E-state index in [2.05, 4.69) is 50.5 Å². The number of tetrazole rings is 1. The number of benzene rings is 2. The number of H-pyrrole nitrogens is 1. The first-order valence-electron chi connectivity index (χ1n) is 12.3. The Morgan fingerprint density at radius 3 is 2.43 bits per heavy atom. The van der Waals surface area contributed by atoms with Crippen molar-refractivity contribution in [2.24, 2.45) is 0 Å². The Bertz CT molecular complexity index is 1370. The lowest BCUT2D eigenvalue weighted by molar-refractivity contribution is 0.220. The van der Waals surface area contributed by atoms with E-state index in [-0.39, 0.29) is 11.6 Å². The van der Waals surface area contributed by atoms with Crippen LogP contribution in [0.15, 0.2) is 47.3 Å². The molecule has 0 radical (unpaired) electrons. The van der Waals surface area contributed by atoms with Crippen LogP contribution in [0.5, 0.6) is 5.75 Å². The predicted molar refractivity (Wildman–Crippen MR) is 136 cm³/mol. The Hall–Kier alpha value is -3.52. The first-order valence-corrected chi connectivity index (χ1v) is 12.3. The van der Waals surface area contributed by atoms with Crippen LogP contribution in [0.2, 0.25) is 0 Å². The third-order valence-corrected chi connectivity index (χ3v) is 7.07. The van der Waals surface area contributed by atoms with E-state index in [1.165, 1.54) is 12.8 Å². The van der Waals surface area contributed by atoms with E-state index < -0.39 is 0 Å². The minimum absolute atomic E-state index is 0.0838. The molecule has 1 aliphatic rings. The van der Waals surface area contributed by atoms with Gasteiger partial charge in [0.1, 0.15) is 11.8 Å². The van der Waals surface area contributed by atoms with E-state index in [1.54, 1.807) is 7.11 Å². The molecule has 1 aliphatic heterocycles. The Morgan fingerprint density at radius 2 is 1.71 bits per heavy atom. The van der Waals surface area contributed by atoms with Crippen molar-refractivity contribution in [3.63, 3.8) is 0 Å². The third kappa shape index (κ3) is 4.71. The zero-order valence-corrected chi connectivity index (χ0v) is 20.6. The van der Waals surface area contributed by atoms with Gasteiger partial charge in [0.05, 0.1) is 19.2 Å². The molecule has 3 heterocycles. The maximum Gasteiger partial charge on any atom is 0.253 e. The highest BCUT2D eigenvalue weighted by Gasteiger charge is 2.31. The lowest BCUT2D eigenvalue weighted by Gasteiger charge is -2.29. The smallest absolute Gasteiger partial charge is 0.253 e. The number of fused-ring (bicyclic) bond motifs is 1. The highest BCUT2D eigenvalue weighted by molar-refractivity contribution is 5.85. The topological polar surface area (TPSA) is 88.9 Å². The van der Waals surface area contributed by atoms with Crippen LogP contribution in [0.25, 0.3) is 10.9 Å². The lowest BCUT2D eigenvalue weighted by Crippen LogP contribution is -2.36. The Morgan fingerprint density at radius 1 is 1.00 bits per heavy atom. The molecule has 8 nitrogen and oxygen atoms in total. The standard InChI is InChI=1S/C27H32N6O2/c1-18-8-9-19(2)24-22(18)16-23(27(34)28-24)25(32-14-6-4-5-7-15-32)26-29-30-31-33(26)17-20-10-12-21(35-3)13-11-20/h8-13,16,25H,4-7,14-15,17H2,1-3H3,(H,28,34)/t25-/m1/s1. The number of nitrogens with zero attached hydrogens (tertiary/aromatic N) is 5. The van der Waals surface area contributed by atoms with Gasteiger partial charge in [-0.1, -0.05) is 37.1 Å². The summed E-state index contributed by atoms with van der Waals surface area (Å²) in [6.07, 6.45) is 4.60. The molecule has 0 bridgehead atoms. The van der Waals surface area contributed by atoms with Crippen LogP contribution in [-0.2, 0) is 6.54 Å². The van der Waals surface area contributed by atoms with Gasteiger partial charge >= 0.3 is 0 Å². The van der Waals surface area contributed by atoms with Gasteiger partial charge in [-0.25, -0.2) is 4.68 Å². The van der Waals surface area contributed by atoms with Crippen molar-refractivity contribution in [2.75, 3.05) is 20.2 Å². The number of likely N-dealkylation sites (tertiary alicyclic amines) is 1. The SMILES string of the molecule is COc1ccc(Cn2nnnc2[C@@H](c2cc3c(C)ccc(C)c3[nH]c2=O)N2CCCCCC2)cc1. The molecule has 5 rings (SSSR count). The molecular weight excluding hydrogens is 440 g/mol. The Labute approximate surface area is 204 Å². The molecule has 0 unspecified atom stereocenters. The minimum atomic E-state index is -0.325. The molecule has 35 heavy (non-hydrogen) atoms. The zero-order chi connectivity index (χ0) is 24.4. The molecule has 0 spiro atoms. The summed E-state index contributed by atoms with van der Waals surface area (Å²) in [4.78, 5) is 19.1. The van der Waals surface area contributed by atoms with Crippen LogP contribution in [0.1, 0.15) is 59.8 Å². The van der Waals surface area contributed by atoms with Gasteiger partial charge in [-0.15, -0.1) is 5.10 Å². The highest BCUT2D eigenvalue weighted by Crippen LogP contribution is 2.30. The van der Waals surface area contributed by atoms with Crippen molar-refractivity contribution >= 4 is 10.9 Å². The minimum Gasteiger partial charge on any atom is -0.497 e. The number of aromatic amines is 1. The normalized spacial score (nSPS) is 15.7. The van der Waals surface area contributed by atoms with Gasteiger partial charge in [-0.3, -0.25) is 9.69 Å². The lowest BCUT2D eigenvalue weighted by atomic mass is 9.99. The van der Waals surface area contributed by atoms with Crippen molar-refractivity contribution in [3.8, 4) is 5.75 Å². The number of hydrogen-bond donors (Lipinski definition) is 1. The van der Waals surface area contributed by atoms with Crippen LogP contribution in [0.3, 0.4) is 0 Å². The van der Waals surface area contributed by atoms with Crippen molar-refractivity contribution in [1.82, 2.24) is 30.1 Å². The second-order valence-corrected chi connectivity index (χ2v) is 9.44. The molecule has 1 fully saturated rings. The average molecular weight is 473 g/mol. The van der Waals surface area contributed by atoms with Gasteiger partial charge < -0.3 is 9.72 Å². The Balaban J connectivity index is 1.62. The van der Waals surface area contributed by atoms with E-state index in [0.29, 0.717) is 17.9 Å². The van der Waals surface area contributed by atoms with Gasteiger partial charge in [0.15, 0.2) is 5.82 Å². The summed E-state index contributed by atoms with van der Waals surface area (Å²) in [6.45, 7) is 6.44. The summed E-state index contributed by atoms with van der Waals surface area (Å²) < 4.78 is 7.11. The Kier molecular flexibility index (Phi) is 6.63. The highest BCUT2D eigenvalue weighted by atomic mass is 16.5. The number of pyridine rings is 1. The van der Waals surface area contributed by atoms with Crippen LogP contribution in [0, 0.1) is 13.8 Å². The van der Waals surface area contributed by atoms with Crippen LogP contribution >= 0.6 is 0 Å². The maximum absolute atomic E-state index is 13.5. The largest absolute Gasteiger partial charge is 0.497 e. The van der Waals surface area contributed by atoms with E-state index >= 15 is 0 Å². The third-order valence-electron chi connectivity index (χ3n) is 7.07. The van der Waals surface area contributed by atoms with Crippen LogP contribution in [0.4, 0.5) is 0 Å². The van der Waals surface area contributed by atoms with Gasteiger partial charge in [-0.2, -0.15) is 0 Å². The molecule has 1 N–H and O–H groups in total. The van der Waals surface area contributed by atoms with Gasteiger partial charge in [0.2, 0.25) is 0 Å². The van der Waals surface area contributed by atoms with E-state index in [4.69, 9.17) is 4.74 Å². The summed E-state index contributed by atoms with van der Waals surface area (Å²) in [7, 11) is 1.66. The van der Waals surface area contributed by atoms with Crippen LogP contribution < -0.4 is 10.3 Å². The molecule has 1 atom stereocenters. The van der Waals surface area contributed by atoms with Gasteiger partial charge in [0.25, 0.3) is 5.56 Å². The number of aryl methyl sites for hydroxylation is 2. The van der Waals surface area contributed by atoms with E-state index in [9.17, 15) is 4.79 Å². The summed E-state index contributed by atoms with van der Waals surface area (Å²) in [5.74, 6) is 1.50. The van der Waals surface area contributed by atoms with Gasteiger partial charge in [0, 0.05) is 10.9 Å². The summed E-state index contributed by atoms with van der Waals surface area (Å²) in [5.41, 5.74) is 4.76. The number of ether oxygens (including phenoxy) is 1. The molecule has 8 heteroatoms. The first kappa shape index (κ1) is 23.2. The van der Waals surface area contributed by atoms with E-state index in [1.807, 2.05) is 35.9 Å². The number of nitrogens with one attached hydrogen (secondary N) is 1. The molecule has 4 aromatic rings. The summed E-state index contributed by atoms with van der Waals surface area (Å²) in [6, 6.07) is 13.8. The summed E-state index contributed by atoms with van der Waals surface area (Å²) >= 11 is 0. The molecule has 2 aromatic carbocycles. The van der Waals surface area contributed by atoms with Crippen molar-refractivity contribution in [2.45, 2.75) is 52.1 Å². The molecular formula is C27H32N6O2. The predicted octanol–water partition coefficient (Wildman–Crippen LogP) is 4.15. The number of hydrogen-bond acceptors (Lipinski definition) is 6.